The van der Waals surface area contributed by atoms with Gasteiger partial charge in [0.2, 0.25) is 0 Å². The molecule has 2 N–H and O–H groups in total. The molecule has 3 aromatic carbocycles. The lowest BCUT2D eigenvalue weighted by Crippen LogP contribution is -2.13. The molecular weight excluding hydrogens is 371 g/mol. The lowest BCUT2D eigenvalue weighted by molar-refractivity contribution is -0.137. The number of carboxylic acids is 1. The zero-order valence-electron chi connectivity index (χ0n) is 14.3. The average molecular weight is 385 g/mol. The lowest BCUT2D eigenvalue weighted by atomic mass is 9.98. The monoisotopic (exact) mass is 385 g/mol. The number of hydrogen-bond donors (Lipinski definition) is 2. The predicted octanol–water partition coefficient (Wildman–Crippen LogP) is 5.32. The van der Waals surface area contributed by atoms with Crippen LogP contribution in [0.4, 0.5) is 18.9 Å². The number of alkyl halides is 3. The molecule has 142 valence electrons. The number of hydrogen-bond acceptors (Lipinski definition) is 2. The summed E-state index contributed by atoms with van der Waals surface area (Å²) in [7, 11) is 0. The third kappa shape index (κ3) is 4.20. The smallest absolute Gasteiger partial charge is 0.416 e. The molecular formula is C21H14F3NO3. The van der Waals surface area contributed by atoms with Crippen LogP contribution in [0.1, 0.15) is 26.3 Å². The maximum absolute atomic E-state index is 12.7. The summed E-state index contributed by atoms with van der Waals surface area (Å²) in [4.78, 5) is 23.5. The van der Waals surface area contributed by atoms with E-state index in [4.69, 9.17) is 5.11 Å². The Morgan fingerprint density at radius 2 is 1.43 bits per heavy atom. The highest BCUT2D eigenvalue weighted by atomic mass is 19.4. The number of carbonyl (C=O) groups excluding carboxylic acids is 1. The van der Waals surface area contributed by atoms with Crippen LogP contribution in [0.3, 0.4) is 0 Å². The predicted molar refractivity (Wildman–Crippen MR) is 98.2 cm³/mol. The van der Waals surface area contributed by atoms with Crippen molar-refractivity contribution < 1.29 is 27.9 Å². The summed E-state index contributed by atoms with van der Waals surface area (Å²) in [6.45, 7) is 0. The third-order valence-corrected chi connectivity index (χ3v) is 4.08. The van der Waals surface area contributed by atoms with E-state index in [1.807, 2.05) is 0 Å². The van der Waals surface area contributed by atoms with Gasteiger partial charge in [0.05, 0.1) is 11.1 Å². The Morgan fingerprint density at radius 1 is 0.821 bits per heavy atom. The normalized spacial score (nSPS) is 11.1. The van der Waals surface area contributed by atoms with Gasteiger partial charge in [0.15, 0.2) is 0 Å². The lowest BCUT2D eigenvalue weighted by Gasteiger charge is -2.12. The summed E-state index contributed by atoms with van der Waals surface area (Å²) in [5.41, 5.74) is 0.956. The number of carbonyl (C=O) groups is 2. The van der Waals surface area contributed by atoms with Crippen LogP contribution >= 0.6 is 0 Å². The van der Waals surface area contributed by atoms with Crippen LogP contribution in [-0.2, 0) is 6.18 Å². The fourth-order valence-corrected chi connectivity index (χ4v) is 2.67. The second-order valence-corrected chi connectivity index (χ2v) is 5.96. The highest BCUT2D eigenvalue weighted by molar-refractivity contribution is 6.08. The molecule has 0 fully saturated rings. The first-order valence-electron chi connectivity index (χ1n) is 8.17. The first-order chi connectivity index (χ1) is 13.3. The minimum Gasteiger partial charge on any atom is -0.478 e. The van der Waals surface area contributed by atoms with E-state index in [9.17, 15) is 22.8 Å². The number of amides is 1. The minimum atomic E-state index is -4.43. The van der Waals surface area contributed by atoms with Crippen molar-refractivity contribution >= 4 is 17.6 Å². The molecule has 0 bridgehead atoms. The quantitative estimate of drug-likeness (QED) is 0.639. The number of carboxylic acid groups (broad SMARTS) is 1. The first-order valence-corrected chi connectivity index (χ1v) is 8.17. The van der Waals surface area contributed by atoms with Crippen LogP contribution in [0, 0.1) is 0 Å². The van der Waals surface area contributed by atoms with E-state index < -0.39 is 23.6 Å². The molecule has 3 rings (SSSR count). The van der Waals surface area contributed by atoms with Crippen molar-refractivity contribution in [3.05, 3.63) is 89.5 Å². The number of benzene rings is 3. The van der Waals surface area contributed by atoms with Gasteiger partial charge in [-0.05, 0) is 53.6 Å². The molecule has 0 heterocycles. The van der Waals surface area contributed by atoms with E-state index >= 15 is 0 Å². The van der Waals surface area contributed by atoms with Crippen LogP contribution in [0.25, 0.3) is 11.1 Å². The molecule has 28 heavy (non-hydrogen) atoms. The van der Waals surface area contributed by atoms with E-state index in [1.165, 1.54) is 36.4 Å². The largest absolute Gasteiger partial charge is 0.478 e. The average Bonchev–Trinajstić information content (AvgIpc) is 2.68. The van der Waals surface area contributed by atoms with Crippen molar-refractivity contribution in [1.29, 1.82) is 0 Å². The number of rotatable bonds is 4. The Labute approximate surface area is 158 Å². The maximum Gasteiger partial charge on any atom is 0.416 e. The van der Waals surface area contributed by atoms with Gasteiger partial charge in [-0.25, -0.2) is 4.79 Å². The van der Waals surface area contributed by atoms with E-state index in [-0.39, 0.29) is 11.1 Å². The summed E-state index contributed by atoms with van der Waals surface area (Å²) < 4.78 is 38.2. The SMILES string of the molecule is O=C(O)c1ccc(NC(=O)c2ccccc2-c2ccc(C(F)(F)F)cc2)cc1. The fourth-order valence-electron chi connectivity index (χ4n) is 2.67. The van der Waals surface area contributed by atoms with Gasteiger partial charge < -0.3 is 10.4 Å². The van der Waals surface area contributed by atoms with Gasteiger partial charge in [0.1, 0.15) is 0 Å². The minimum absolute atomic E-state index is 0.0863. The van der Waals surface area contributed by atoms with E-state index in [2.05, 4.69) is 5.32 Å². The summed E-state index contributed by atoms with van der Waals surface area (Å²) >= 11 is 0. The molecule has 0 aromatic heterocycles. The Kier molecular flexibility index (Phi) is 5.17. The molecule has 0 aliphatic carbocycles. The Hall–Kier alpha value is -3.61. The molecule has 1 amide bonds. The Bertz CT molecular complexity index is 1010. The second kappa shape index (κ2) is 7.56. The topological polar surface area (TPSA) is 66.4 Å². The van der Waals surface area contributed by atoms with Crippen molar-refractivity contribution in [2.75, 3.05) is 5.32 Å². The molecule has 0 saturated heterocycles. The van der Waals surface area contributed by atoms with Crippen molar-refractivity contribution in [3.63, 3.8) is 0 Å². The summed E-state index contributed by atoms with van der Waals surface area (Å²) in [6.07, 6.45) is -4.43. The Balaban J connectivity index is 1.87. The van der Waals surface area contributed by atoms with Gasteiger partial charge in [0, 0.05) is 11.3 Å². The van der Waals surface area contributed by atoms with Gasteiger partial charge in [-0.1, -0.05) is 30.3 Å². The van der Waals surface area contributed by atoms with E-state index in [1.54, 1.807) is 24.3 Å². The van der Waals surface area contributed by atoms with Gasteiger partial charge in [-0.2, -0.15) is 13.2 Å². The van der Waals surface area contributed by atoms with Crippen molar-refractivity contribution in [2.45, 2.75) is 6.18 Å². The second-order valence-electron chi connectivity index (χ2n) is 5.96. The molecule has 4 nitrogen and oxygen atoms in total. The van der Waals surface area contributed by atoms with Crippen LogP contribution in [0.2, 0.25) is 0 Å². The van der Waals surface area contributed by atoms with Crippen LogP contribution in [-0.4, -0.2) is 17.0 Å². The third-order valence-electron chi connectivity index (χ3n) is 4.08. The van der Waals surface area contributed by atoms with Crippen molar-refractivity contribution in [1.82, 2.24) is 0 Å². The maximum atomic E-state index is 12.7. The molecule has 3 aromatic rings. The first kappa shape index (κ1) is 19.2. The van der Waals surface area contributed by atoms with E-state index in [0.29, 0.717) is 16.8 Å². The molecule has 0 spiro atoms. The van der Waals surface area contributed by atoms with Crippen LogP contribution in [0.15, 0.2) is 72.8 Å². The van der Waals surface area contributed by atoms with Gasteiger partial charge in [-0.15, -0.1) is 0 Å². The fraction of sp³-hybridized carbons (Fsp3) is 0.0476. The summed E-state index contributed by atoms with van der Waals surface area (Å²) in [5, 5.41) is 11.6. The van der Waals surface area contributed by atoms with Gasteiger partial charge in [-0.3, -0.25) is 4.79 Å². The number of aromatic carboxylic acids is 1. The molecule has 0 aliphatic heterocycles. The molecule has 0 radical (unpaired) electrons. The van der Waals surface area contributed by atoms with Gasteiger partial charge >= 0.3 is 12.1 Å². The molecule has 0 aliphatic rings. The standard InChI is InChI=1S/C21H14F3NO3/c22-21(23,24)15-9-5-13(6-10-15)17-3-1-2-4-18(17)19(26)25-16-11-7-14(8-12-16)20(27)28/h1-12H,(H,25,26)(H,27,28). The summed E-state index contributed by atoms with van der Waals surface area (Å²) in [5.74, 6) is -1.54. The Morgan fingerprint density at radius 3 is 2.00 bits per heavy atom. The van der Waals surface area contributed by atoms with E-state index in [0.717, 1.165) is 12.1 Å². The molecule has 7 heteroatoms. The highest BCUT2D eigenvalue weighted by Gasteiger charge is 2.30. The highest BCUT2D eigenvalue weighted by Crippen LogP contribution is 2.32. The van der Waals surface area contributed by atoms with Gasteiger partial charge in [0.25, 0.3) is 5.91 Å². The molecule has 0 unspecified atom stereocenters. The van der Waals surface area contributed by atoms with Crippen LogP contribution in [0.5, 0.6) is 0 Å². The number of nitrogens with one attached hydrogen (secondary N) is 1. The van der Waals surface area contributed by atoms with Crippen molar-refractivity contribution in [3.8, 4) is 11.1 Å². The summed E-state index contributed by atoms with van der Waals surface area (Å²) in [6, 6.07) is 16.8. The zero-order chi connectivity index (χ0) is 20.3. The number of anilines is 1. The van der Waals surface area contributed by atoms with Crippen molar-refractivity contribution in [2.24, 2.45) is 0 Å². The zero-order valence-corrected chi connectivity index (χ0v) is 14.3. The van der Waals surface area contributed by atoms with Crippen LogP contribution < -0.4 is 5.32 Å². The molecule has 0 atom stereocenters. The number of halogens is 3. The molecule has 0 saturated carbocycles.